The van der Waals surface area contributed by atoms with Crippen LogP contribution in [0.25, 0.3) is 10.2 Å². The molecule has 0 N–H and O–H groups in total. The number of fused-ring (bicyclic) bond motifs is 1. The maximum absolute atomic E-state index is 5.30. The molecule has 7 heteroatoms. The number of likely N-dealkylation sites (tertiary alicyclic amines) is 1. The molecule has 0 aliphatic carbocycles. The lowest BCUT2D eigenvalue weighted by Crippen LogP contribution is -2.36. The maximum atomic E-state index is 5.30. The van der Waals surface area contributed by atoms with E-state index in [0.29, 0.717) is 5.92 Å². The second-order valence-electron chi connectivity index (χ2n) is 5.58. The van der Waals surface area contributed by atoms with Crippen LogP contribution in [0.5, 0.6) is 0 Å². The quantitative estimate of drug-likeness (QED) is 0.667. The summed E-state index contributed by atoms with van der Waals surface area (Å²) in [5.41, 5.74) is 2.94. The van der Waals surface area contributed by atoms with E-state index < -0.39 is 0 Å². The summed E-state index contributed by atoms with van der Waals surface area (Å²) in [6.45, 7) is 2.95. The number of piperidine rings is 1. The van der Waals surface area contributed by atoms with Gasteiger partial charge in [0.25, 0.3) is 0 Å². The van der Waals surface area contributed by atoms with E-state index in [0.717, 1.165) is 29.2 Å². The average Bonchev–Trinajstić information content (AvgIpc) is 3.14. The van der Waals surface area contributed by atoms with E-state index in [1.165, 1.54) is 33.9 Å². The van der Waals surface area contributed by atoms with Crippen molar-refractivity contribution in [2.75, 3.05) is 13.1 Å². The van der Waals surface area contributed by atoms with Gasteiger partial charge < -0.3 is 0 Å². The zero-order valence-corrected chi connectivity index (χ0v) is 14.5. The lowest BCUT2D eigenvalue weighted by Gasteiger charge is -2.31. The second kappa shape index (κ2) is 6.16. The standard InChI is InChI=1S/C15H16N4S3/c20-15-19(16-9-21-15)10-18-7-3-4-11(8-18)14-17-12-5-1-2-6-13(12)22-14/h1-2,5-6,9,11H,3-4,7-8,10H2/t11-/m0/s1. The molecule has 3 aromatic rings. The molecule has 0 bridgehead atoms. The molecule has 22 heavy (non-hydrogen) atoms. The minimum Gasteiger partial charge on any atom is -0.284 e. The second-order valence-corrected chi connectivity index (χ2v) is 8.12. The minimum absolute atomic E-state index is 0.527. The summed E-state index contributed by atoms with van der Waals surface area (Å²) in [5, 5.41) is 5.59. The summed E-state index contributed by atoms with van der Waals surface area (Å²) in [6, 6.07) is 8.40. The van der Waals surface area contributed by atoms with Crippen LogP contribution in [0, 0.1) is 3.95 Å². The number of rotatable bonds is 3. The molecular formula is C15H16N4S3. The van der Waals surface area contributed by atoms with Crippen LogP contribution in [0.4, 0.5) is 0 Å². The highest BCUT2D eigenvalue weighted by Crippen LogP contribution is 2.33. The van der Waals surface area contributed by atoms with E-state index in [-0.39, 0.29) is 0 Å². The van der Waals surface area contributed by atoms with Gasteiger partial charge in [0.1, 0.15) is 5.51 Å². The number of hydrogen-bond donors (Lipinski definition) is 0. The van der Waals surface area contributed by atoms with Crippen LogP contribution < -0.4 is 0 Å². The van der Waals surface area contributed by atoms with Crippen LogP contribution in [0.3, 0.4) is 0 Å². The first-order chi connectivity index (χ1) is 10.8. The van der Waals surface area contributed by atoms with Crippen molar-refractivity contribution in [1.29, 1.82) is 0 Å². The molecule has 114 valence electrons. The fraction of sp³-hybridized carbons (Fsp3) is 0.400. The summed E-state index contributed by atoms with van der Waals surface area (Å²) in [4.78, 5) is 7.28. The minimum atomic E-state index is 0.527. The van der Waals surface area contributed by atoms with Crippen LogP contribution in [0.15, 0.2) is 29.8 Å². The van der Waals surface area contributed by atoms with Crippen LogP contribution in [0.2, 0.25) is 0 Å². The fourth-order valence-electron chi connectivity index (χ4n) is 2.97. The molecule has 1 saturated heterocycles. The number of aromatic nitrogens is 3. The van der Waals surface area contributed by atoms with Gasteiger partial charge in [-0.3, -0.25) is 4.90 Å². The highest BCUT2D eigenvalue weighted by atomic mass is 32.1. The van der Waals surface area contributed by atoms with Crippen molar-refractivity contribution in [3.63, 3.8) is 0 Å². The van der Waals surface area contributed by atoms with Crippen molar-refractivity contribution in [1.82, 2.24) is 19.7 Å². The molecule has 1 fully saturated rings. The van der Waals surface area contributed by atoms with E-state index in [1.807, 2.05) is 21.5 Å². The first kappa shape index (κ1) is 14.4. The van der Waals surface area contributed by atoms with Crippen molar-refractivity contribution in [3.05, 3.63) is 38.7 Å². The fourth-order valence-corrected chi connectivity index (χ4v) is 4.77. The van der Waals surface area contributed by atoms with E-state index in [1.54, 1.807) is 0 Å². The molecular weight excluding hydrogens is 332 g/mol. The topological polar surface area (TPSA) is 34.0 Å². The van der Waals surface area contributed by atoms with E-state index in [4.69, 9.17) is 17.2 Å². The van der Waals surface area contributed by atoms with Gasteiger partial charge in [0.2, 0.25) is 0 Å². The van der Waals surface area contributed by atoms with Crippen LogP contribution in [0.1, 0.15) is 23.8 Å². The number of thiazole rings is 1. The number of nitrogens with zero attached hydrogens (tertiary/aromatic N) is 4. The van der Waals surface area contributed by atoms with Gasteiger partial charge in [0.05, 0.1) is 21.9 Å². The summed E-state index contributed by atoms with van der Waals surface area (Å²) < 4.78 is 4.05. The zero-order chi connectivity index (χ0) is 14.9. The van der Waals surface area contributed by atoms with Crippen LogP contribution >= 0.6 is 34.9 Å². The third-order valence-corrected chi connectivity index (χ3v) is 6.36. The summed E-state index contributed by atoms with van der Waals surface area (Å²) in [6.07, 6.45) is 2.43. The van der Waals surface area contributed by atoms with E-state index in [9.17, 15) is 0 Å². The van der Waals surface area contributed by atoms with Crippen molar-refractivity contribution < 1.29 is 0 Å². The predicted molar refractivity (Wildman–Crippen MR) is 94.1 cm³/mol. The Morgan fingerprint density at radius 3 is 3.05 bits per heavy atom. The van der Waals surface area contributed by atoms with Crippen LogP contribution in [-0.4, -0.2) is 32.8 Å². The molecule has 3 heterocycles. The lowest BCUT2D eigenvalue weighted by molar-refractivity contribution is 0.157. The predicted octanol–water partition coefficient (Wildman–Crippen LogP) is 4.12. The first-order valence-electron chi connectivity index (χ1n) is 7.38. The van der Waals surface area contributed by atoms with Crippen molar-refractivity contribution >= 4 is 45.1 Å². The van der Waals surface area contributed by atoms with Crippen LogP contribution in [-0.2, 0) is 6.67 Å². The van der Waals surface area contributed by atoms with Gasteiger partial charge in [-0.15, -0.1) is 11.3 Å². The number of para-hydroxylation sites is 1. The Labute approximate surface area is 142 Å². The van der Waals surface area contributed by atoms with Gasteiger partial charge in [-0.2, -0.15) is 5.10 Å². The number of hydrogen-bond acceptors (Lipinski definition) is 6. The van der Waals surface area contributed by atoms with Crippen molar-refractivity contribution in [2.24, 2.45) is 0 Å². The summed E-state index contributed by atoms with van der Waals surface area (Å²) in [5.74, 6) is 0.527. The highest BCUT2D eigenvalue weighted by Gasteiger charge is 2.24. The molecule has 1 atom stereocenters. The summed E-state index contributed by atoms with van der Waals surface area (Å²) >= 11 is 8.66. The SMILES string of the molecule is S=c1scnn1CN1CCC[C@H](c2nc3ccccc3s2)C1. The van der Waals surface area contributed by atoms with E-state index >= 15 is 0 Å². The first-order valence-corrected chi connectivity index (χ1v) is 9.48. The van der Waals surface area contributed by atoms with Gasteiger partial charge in [0, 0.05) is 12.5 Å². The molecule has 1 aliphatic rings. The Kier molecular flexibility index (Phi) is 4.04. The Bertz CT molecular complexity index is 801. The largest absolute Gasteiger partial charge is 0.284 e. The van der Waals surface area contributed by atoms with Gasteiger partial charge in [0.15, 0.2) is 3.95 Å². The molecule has 0 amide bonds. The van der Waals surface area contributed by atoms with Gasteiger partial charge >= 0.3 is 0 Å². The van der Waals surface area contributed by atoms with Crippen molar-refractivity contribution in [2.45, 2.75) is 25.4 Å². The Hall–Kier alpha value is -1.15. The van der Waals surface area contributed by atoms with Gasteiger partial charge in [-0.1, -0.05) is 23.5 Å². The van der Waals surface area contributed by atoms with E-state index in [2.05, 4.69) is 34.3 Å². The monoisotopic (exact) mass is 348 g/mol. The maximum Gasteiger partial charge on any atom is 0.180 e. The third kappa shape index (κ3) is 2.86. The normalized spacial score (nSPS) is 19.7. The average molecular weight is 349 g/mol. The molecule has 0 radical (unpaired) electrons. The van der Waals surface area contributed by atoms with Gasteiger partial charge in [-0.25, -0.2) is 9.67 Å². The molecule has 0 spiro atoms. The smallest absolute Gasteiger partial charge is 0.180 e. The zero-order valence-electron chi connectivity index (χ0n) is 12.0. The van der Waals surface area contributed by atoms with Crippen molar-refractivity contribution in [3.8, 4) is 0 Å². The molecule has 4 nitrogen and oxygen atoms in total. The molecule has 2 aromatic heterocycles. The molecule has 0 unspecified atom stereocenters. The Morgan fingerprint density at radius 1 is 1.32 bits per heavy atom. The lowest BCUT2D eigenvalue weighted by atomic mass is 9.99. The molecule has 1 aliphatic heterocycles. The highest BCUT2D eigenvalue weighted by molar-refractivity contribution is 7.73. The molecule has 4 rings (SSSR count). The third-order valence-electron chi connectivity index (χ3n) is 4.05. The number of benzene rings is 1. The Balaban J connectivity index is 1.53. The Morgan fingerprint density at radius 2 is 2.23 bits per heavy atom. The molecule has 1 aromatic carbocycles. The summed E-state index contributed by atoms with van der Waals surface area (Å²) in [7, 11) is 0. The van der Waals surface area contributed by atoms with Gasteiger partial charge in [-0.05, 0) is 43.7 Å². The molecule has 0 saturated carbocycles.